The number of fused-ring (bicyclic) bond motifs is 1. The molecule has 0 amide bonds. The highest BCUT2D eigenvalue weighted by atomic mass is 16.5. The second-order valence-corrected chi connectivity index (χ2v) is 4.30. The minimum Gasteiger partial charge on any atom is -0.462 e. The van der Waals surface area contributed by atoms with Crippen molar-refractivity contribution in [2.24, 2.45) is 0 Å². The van der Waals surface area contributed by atoms with Crippen molar-refractivity contribution < 1.29 is 9.53 Å². The number of hydrogen-bond donors (Lipinski definition) is 0. The quantitative estimate of drug-likeness (QED) is 0.473. The van der Waals surface area contributed by atoms with Crippen LogP contribution in [0.3, 0.4) is 0 Å². The van der Waals surface area contributed by atoms with E-state index >= 15 is 0 Å². The molecule has 0 saturated heterocycles. The van der Waals surface area contributed by atoms with Gasteiger partial charge >= 0.3 is 5.97 Å². The van der Waals surface area contributed by atoms with Crippen molar-refractivity contribution in [2.45, 2.75) is 19.8 Å². The fourth-order valence-corrected chi connectivity index (χ4v) is 2.19. The van der Waals surface area contributed by atoms with Gasteiger partial charge < -0.3 is 9.64 Å². The highest BCUT2D eigenvalue weighted by molar-refractivity contribution is 5.93. The summed E-state index contributed by atoms with van der Waals surface area (Å²) in [5.41, 5.74) is 2.34. The minimum absolute atomic E-state index is 0.0403. The zero-order chi connectivity index (χ0) is 13.7. The standard InChI is InChI=1S/C15H16N2O2/c1-2-19-15(18)13(10-16)11-17-9-5-7-12-6-3-4-8-14(12)17/h3-4,6,8,11H,2,5,7,9H2,1H3. The molecule has 98 valence electrons. The number of ether oxygens (including phenoxy) is 1. The Kier molecular flexibility index (Phi) is 4.19. The van der Waals surface area contributed by atoms with Crippen molar-refractivity contribution in [3.63, 3.8) is 0 Å². The Morgan fingerprint density at radius 3 is 3.05 bits per heavy atom. The summed E-state index contributed by atoms with van der Waals surface area (Å²) in [6.45, 7) is 2.80. The van der Waals surface area contributed by atoms with E-state index in [1.54, 1.807) is 13.1 Å². The predicted octanol–water partition coefficient (Wildman–Crippen LogP) is 2.41. The van der Waals surface area contributed by atoms with Gasteiger partial charge in [-0.2, -0.15) is 5.26 Å². The average molecular weight is 256 g/mol. The zero-order valence-electron chi connectivity index (χ0n) is 10.9. The Bertz CT molecular complexity index is 543. The third-order valence-corrected chi connectivity index (χ3v) is 3.05. The number of nitriles is 1. The van der Waals surface area contributed by atoms with Crippen LogP contribution in [-0.2, 0) is 16.0 Å². The lowest BCUT2D eigenvalue weighted by Crippen LogP contribution is -2.25. The molecule has 2 rings (SSSR count). The van der Waals surface area contributed by atoms with E-state index in [0.29, 0.717) is 0 Å². The fraction of sp³-hybridized carbons (Fsp3) is 0.333. The van der Waals surface area contributed by atoms with E-state index in [1.807, 2.05) is 29.2 Å². The smallest absolute Gasteiger partial charge is 0.350 e. The largest absolute Gasteiger partial charge is 0.462 e. The molecule has 4 nitrogen and oxygen atoms in total. The van der Waals surface area contributed by atoms with E-state index < -0.39 is 5.97 Å². The number of hydrogen-bond acceptors (Lipinski definition) is 4. The number of rotatable bonds is 3. The molecule has 19 heavy (non-hydrogen) atoms. The van der Waals surface area contributed by atoms with Crippen molar-refractivity contribution in [1.29, 1.82) is 5.26 Å². The number of anilines is 1. The average Bonchev–Trinajstić information content (AvgIpc) is 2.45. The van der Waals surface area contributed by atoms with E-state index in [0.717, 1.165) is 25.1 Å². The summed E-state index contributed by atoms with van der Waals surface area (Å²) in [6, 6.07) is 9.95. The SMILES string of the molecule is CCOC(=O)C(C#N)=CN1CCCc2ccccc21. The summed E-state index contributed by atoms with van der Waals surface area (Å²) in [5, 5.41) is 9.06. The third kappa shape index (κ3) is 2.94. The first kappa shape index (κ1) is 13.2. The van der Waals surface area contributed by atoms with Crippen LogP contribution in [0.25, 0.3) is 0 Å². The van der Waals surface area contributed by atoms with Crippen LogP contribution in [0.15, 0.2) is 36.0 Å². The van der Waals surface area contributed by atoms with Crippen molar-refractivity contribution in [3.8, 4) is 6.07 Å². The number of aryl methyl sites for hydroxylation is 1. The number of esters is 1. The third-order valence-electron chi connectivity index (χ3n) is 3.05. The predicted molar refractivity (Wildman–Crippen MR) is 72.4 cm³/mol. The van der Waals surface area contributed by atoms with Crippen LogP contribution < -0.4 is 4.90 Å². The van der Waals surface area contributed by atoms with E-state index in [4.69, 9.17) is 10.00 Å². The molecule has 0 N–H and O–H groups in total. The van der Waals surface area contributed by atoms with E-state index in [9.17, 15) is 4.79 Å². The summed E-state index contributed by atoms with van der Waals surface area (Å²) >= 11 is 0. The van der Waals surface area contributed by atoms with Gasteiger partial charge in [0.05, 0.1) is 6.61 Å². The molecule has 0 unspecified atom stereocenters. The molecule has 1 aliphatic rings. The van der Waals surface area contributed by atoms with Gasteiger partial charge in [-0.05, 0) is 31.4 Å². The molecule has 0 saturated carbocycles. The Labute approximate surface area is 112 Å². The molecular formula is C15H16N2O2. The first-order chi connectivity index (χ1) is 9.26. The van der Waals surface area contributed by atoms with Gasteiger partial charge in [-0.3, -0.25) is 0 Å². The van der Waals surface area contributed by atoms with Gasteiger partial charge in [0, 0.05) is 18.4 Å². The Hall–Kier alpha value is -2.28. The molecule has 1 aliphatic heterocycles. The zero-order valence-corrected chi connectivity index (χ0v) is 10.9. The van der Waals surface area contributed by atoms with Crippen molar-refractivity contribution in [3.05, 3.63) is 41.6 Å². The molecule has 0 bridgehead atoms. The second-order valence-electron chi connectivity index (χ2n) is 4.30. The van der Waals surface area contributed by atoms with Crippen molar-refractivity contribution >= 4 is 11.7 Å². The van der Waals surface area contributed by atoms with Crippen LogP contribution in [0, 0.1) is 11.3 Å². The van der Waals surface area contributed by atoms with Crippen LogP contribution in [0.4, 0.5) is 5.69 Å². The summed E-state index contributed by atoms with van der Waals surface area (Å²) < 4.78 is 4.87. The molecule has 4 heteroatoms. The van der Waals surface area contributed by atoms with Crippen LogP contribution >= 0.6 is 0 Å². The molecule has 0 spiro atoms. The highest BCUT2D eigenvalue weighted by Crippen LogP contribution is 2.27. The van der Waals surface area contributed by atoms with Crippen LogP contribution in [0.1, 0.15) is 18.9 Å². The van der Waals surface area contributed by atoms with Gasteiger partial charge in [0.1, 0.15) is 6.07 Å². The molecule has 0 aliphatic carbocycles. The van der Waals surface area contributed by atoms with Crippen molar-refractivity contribution in [2.75, 3.05) is 18.1 Å². The van der Waals surface area contributed by atoms with Gasteiger partial charge in [-0.15, -0.1) is 0 Å². The fourth-order valence-electron chi connectivity index (χ4n) is 2.19. The highest BCUT2D eigenvalue weighted by Gasteiger charge is 2.17. The van der Waals surface area contributed by atoms with Gasteiger partial charge in [-0.25, -0.2) is 4.79 Å². The lowest BCUT2D eigenvalue weighted by Gasteiger charge is -2.28. The molecule has 1 aromatic rings. The number of carbonyl (C=O) groups is 1. The lowest BCUT2D eigenvalue weighted by molar-refractivity contribution is -0.138. The van der Waals surface area contributed by atoms with Gasteiger partial charge in [0.15, 0.2) is 5.57 Å². The second kappa shape index (κ2) is 6.05. The molecule has 1 heterocycles. The van der Waals surface area contributed by atoms with Gasteiger partial charge in [-0.1, -0.05) is 18.2 Å². The number of nitrogens with zero attached hydrogens (tertiary/aromatic N) is 2. The number of para-hydroxylation sites is 1. The maximum Gasteiger partial charge on any atom is 0.350 e. The number of benzene rings is 1. The molecule has 0 fully saturated rings. The molecule has 1 aromatic carbocycles. The Morgan fingerprint density at radius 1 is 1.53 bits per heavy atom. The van der Waals surface area contributed by atoms with Gasteiger partial charge in [0.2, 0.25) is 0 Å². The number of carbonyl (C=O) groups excluding carboxylic acids is 1. The summed E-state index contributed by atoms with van der Waals surface area (Å²) in [7, 11) is 0. The van der Waals surface area contributed by atoms with Crippen LogP contribution in [-0.4, -0.2) is 19.1 Å². The lowest BCUT2D eigenvalue weighted by atomic mass is 10.0. The molecule has 0 atom stereocenters. The Morgan fingerprint density at radius 2 is 2.32 bits per heavy atom. The summed E-state index contributed by atoms with van der Waals surface area (Å²) in [4.78, 5) is 13.6. The van der Waals surface area contributed by atoms with E-state index in [1.165, 1.54) is 5.56 Å². The maximum absolute atomic E-state index is 11.6. The Balaban J connectivity index is 2.28. The van der Waals surface area contributed by atoms with E-state index in [-0.39, 0.29) is 12.2 Å². The molecule has 0 radical (unpaired) electrons. The monoisotopic (exact) mass is 256 g/mol. The van der Waals surface area contributed by atoms with E-state index in [2.05, 4.69) is 6.07 Å². The van der Waals surface area contributed by atoms with Crippen LogP contribution in [0.2, 0.25) is 0 Å². The maximum atomic E-state index is 11.6. The summed E-state index contributed by atoms with van der Waals surface area (Å²) in [5.74, 6) is -0.562. The minimum atomic E-state index is -0.562. The first-order valence-electron chi connectivity index (χ1n) is 6.40. The molecule has 0 aromatic heterocycles. The molecular weight excluding hydrogens is 240 g/mol. The van der Waals surface area contributed by atoms with Crippen molar-refractivity contribution in [1.82, 2.24) is 0 Å². The summed E-state index contributed by atoms with van der Waals surface area (Å²) in [6.07, 6.45) is 3.63. The normalized spacial score (nSPS) is 14.5. The van der Waals surface area contributed by atoms with Crippen LogP contribution in [0.5, 0.6) is 0 Å². The topological polar surface area (TPSA) is 53.3 Å². The first-order valence-corrected chi connectivity index (χ1v) is 6.40. The van der Waals surface area contributed by atoms with Gasteiger partial charge in [0.25, 0.3) is 0 Å².